The van der Waals surface area contributed by atoms with E-state index in [1.165, 1.54) is 17.0 Å². The molecule has 2 N–H and O–H groups in total. The third kappa shape index (κ3) is 2.22. The molecule has 98 valence electrons. The Morgan fingerprint density at radius 3 is 2.74 bits per heavy atom. The number of aliphatic hydroxyl groups is 1. The summed E-state index contributed by atoms with van der Waals surface area (Å²) in [6.07, 6.45) is -0.517. The van der Waals surface area contributed by atoms with Crippen molar-refractivity contribution in [1.82, 2.24) is 10.2 Å². The molecular formula is C13H12FN3O2. The maximum atomic E-state index is 12.8. The van der Waals surface area contributed by atoms with Gasteiger partial charge in [-0.3, -0.25) is 14.8 Å². The summed E-state index contributed by atoms with van der Waals surface area (Å²) in [6, 6.07) is 7.70. The zero-order valence-corrected chi connectivity index (χ0v) is 10.0. The molecule has 1 aromatic carbocycles. The molecule has 0 spiro atoms. The average Bonchev–Trinajstić information content (AvgIpc) is 2.97. The highest BCUT2D eigenvalue weighted by Crippen LogP contribution is 2.25. The van der Waals surface area contributed by atoms with Crippen LogP contribution in [0.15, 0.2) is 30.3 Å². The van der Waals surface area contributed by atoms with Gasteiger partial charge in [-0.2, -0.15) is 5.10 Å². The van der Waals surface area contributed by atoms with Crippen LogP contribution in [-0.2, 0) is 4.79 Å². The maximum absolute atomic E-state index is 12.8. The summed E-state index contributed by atoms with van der Waals surface area (Å²) in [5.74, 6) is 0.0202. The number of amides is 1. The minimum absolute atomic E-state index is 0.124. The van der Waals surface area contributed by atoms with E-state index in [1.807, 2.05) is 0 Å². The summed E-state index contributed by atoms with van der Waals surface area (Å²) in [5, 5.41) is 16.3. The van der Waals surface area contributed by atoms with E-state index < -0.39 is 6.10 Å². The molecule has 1 aliphatic rings. The lowest BCUT2D eigenvalue weighted by Gasteiger charge is -2.10. The number of aromatic nitrogens is 2. The molecule has 19 heavy (non-hydrogen) atoms. The van der Waals surface area contributed by atoms with Crippen LogP contribution in [0.25, 0.3) is 11.3 Å². The number of nitrogens with one attached hydrogen (secondary N) is 1. The second-order valence-corrected chi connectivity index (χ2v) is 4.51. The second-order valence-electron chi connectivity index (χ2n) is 4.51. The molecule has 0 aliphatic carbocycles. The highest BCUT2D eigenvalue weighted by Gasteiger charge is 2.30. The van der Waals surface area contributed by atoms with Gasteiger partial charge in [0.15, 0.2) is 5.82 Å². The molecule has 1 fully saturated rings. The fraction of sp³-hybridized carbons (Fsp3) is 0.231. The molecule has 0 bridgehead atoms. The van der Waals surface area contributed by atoms with Gasteiger partial charge in [0.1, 0.15) is 5.82 Å². The van der Waals surface area contributed by atoms with E-state index in [1.54, 1.807) is 18.2 Å². The summed E-state index contributed by atoms with van der Waals surface area (Å²) in [5.41, 5.74) is 1.48. The number of anilines is 1. The van der Waals surface area contributed by atoms with E-state index >= 15 is 0 Å². The van der Waals surface area contributed by atoms with Crippen LogP contribution in [0.5, 0.6) is 0 Å². The molecule has 3 rings (SSSR count). The molecule has 1 aliphatic heterocycles. The number of β-amino-alcohol motifs (C(OH)–C–C–N with tert-alkyl or cyclic N) is 1. The normalized spacial score (nSPS) is 19.2. The van der Waals surface area contributed by atoms with Crippen molar-refractivity contribution in [3.63, 3.8) is 0 Å². The number of halogens is 1. The molecule has 1 amide bonds. The lowest BCUT2D eigenvalue weighted by atomic mass is 10.1. The standard InChI is InChI=1S/C13H12FN3O2/c14-9-3-1-8(2-4-9)11-6-12(16-15-11)17-7-10(18)5-13(17)19/h1-4,6,10,18H,5,7H2,(H,15,16). The smallest absolute Gasteiger partial charge is 0.230 e. The fourth-order valence-electron chi connectivity index (χ4n) is 2.14. The molecule has 2 aromatic rings. The number of H-pyrrole nitrogens is 1. The van der Waals surface area contributed by atoms with Crippen molar-refractivity contribution in [1.29, 1.82) is 0 Å². The van der Waals surface area contributed by atoms with Crippen molar-refractivity contribution >= 4 is 11.7 Å². The van der Waals surface area contributed by atoms with Gasteiger partial charge in [-0.25, -0.2) is 4.39 Å². The number of hydrogen-bond acceptors (Lipinski definition) is 3. The van der Waals surface area contributed by atoms with Crippen LogP contribution in [0.3, 0.4) is 0 Å². The number of benzene rings is 1. The van der Waals surface area contributed by atoms with Gasteiger partial charge in [-0.15, -0.1) is 0 Å². The topological polar surface area (TPSA) is 69.2 Å². The zero-order chi connectivity index (χ0) is 13.4. The largest absolute Gasteiger partial charge is 0.391 e. The van der Waals surface area contributed by atoms with Crippen LogP contribution >= 0.6 is 0 Å². The van der Waals surface area contributed by atoms with Gasteiger partial charge in [-0.05, 0) is 29.8 Å². The molecule has 0 saturated carbocycles. The molecule has 0 radical (unpaired) electrons. The predicted octanol–water partition coefficient (Wildman–Crippen LogP) is 1.31. The number of aromatic amines is 1. The summed E-state index contributed by atoms with van der Waals surface area (Å²) in [7, 11) is 0. The van der Waals surface area contributed by atoms with Crippen LogP contribution in [0, 0.1) is 5.82 Å². The molecule has 1 saturated heterocycles. The van der Waals surface area contributed by atoms with Crippen molar-refractivity contribution in [3.05, 3.63) is 36.1 Å². The van der Waals surface area contributed by atoms with Gasteiger partial charge in [0.05, 0.1) is 24.8 Å². The quantitative estimate of drug-likeness (QED) is 0.856. The average molecular weight is 261 g/mol. The Bertz CT molecular complexity index is 609. The first-order valence-electron chi connectivity index (χ1n) is 5.93. The Morgan fingerprint density at radius 1 is 1.37 bits per heavy atom. The van der Waals surface area contributed by atoms with Crippen molar-refractivity contribution in [2.75, 3.05) is 11.4 Å². The highest BCUT2D eigenvalue weighted by atomic mass is 19.1. The van der Waals surface area contributed by atoms with Crippen LogP contribution in [0.1, 0.15) is 6.42 Å². The molecular weight excluding hydrogens is 249 g/mol. The number of nitrogens with zero attached hydrogens (tertiary/aromatic N) is 2. The number of carbonyl (C=O) groups is 1. The van der Waals surface area contributed by atoms with E-state index in [2.05, 4.69) is 10.2 Å². The first kappa shape index (κ1) is 11.9. The Labute approximate surface area is 108 Å². The molecule has 5 nitrogen and oxygen atoms in total. The van der Waals surface area contributed by atoms with E-state index in [4.69, 9.17) is 0 Å². The Morgan fingerprint density at radius 2 is 2.11 bits per heavy atom. The van der Waals surface area contributed by atoms with Gasteiger partial charge in [-0.1, -0.05) is 0 Å². The number of hydrogen-bond donors (Lipinski definition) is 2. The third-order valence-corrected chi connectivity index (χ3v) is 3.10. The van der Waals surface area contributed by atoms with Gasteiger partial charge in [0.2, 0.25) is 5.91 Å². The SMILES string of the molecule is O=C1CC(O)CN1c1cc(-c2ccc(F)cc2)[nH]n1. The summed E-state index contributed by atoms with van der Waals surface area (Å²) in [4.78, 5) is 13.1. The highest BCUT2D eigenvalue weighted by molar-refractivity contribution is 5.95. The molecule has 6 heteroatoms. The number of rotatable bonds is 2. The predicted molar refractivity (Wildman–Crippen MR) is 67.0 cm³/mol. The van der Waals surface area contributed by atoms with Gasteiger partial charge < -0.3 is 5.11 Å². The molecule has 2 heterocycles. The summed E-state index contributed by atoms with van der Waals surface area (Å²) < 4.78 is 12.8. The molecule has 1 unspecified atom stereocenters. The van der Waals surface area contributed by atoms with E-state index in [9.17, 15) is 14.3 Å². The Hall–Kier alpha value is -2.21. The van der Waals surface area contributed by atoms with Gasteiger partial charge in [0.25, 0.3) is 0 Å². The third-order valence-electron chi connectivity index (χ3n) is 3.10. The van der Waals surface area contributed by atoms with Crippen molar-refractivity contribution < 1.29 is 14.3 Å². The van der Waals surface area contributed by atoms with E-state index in [-0.39, 0.29) is 24.7 Å². The number of aliphatic hydroxyl groups excluding tert-OH is 1. The maximum Gasteiger partial charge on any atom is 0.230 e. The summed E-state index contributed by atoms with van der Waals surface area (Å²) in [6.45, 7) is 0.256. The van der Waals surface area contributed by atoms with E-state index in [0.29, 0.717) is 11.5 Å². The first-order chi connectivity index (χ1) is 9.13. The van der Waals surface area contributed by atoms with Crippen LogP contribution in [0.4, 0.5) is 10.2 Å². The lowest BCUT2D eigenvalue weighted by molar-refractivity contribution is -0.117. The van der Waals surface area contributed by atoms with Crippen molar-refractivity contribution in [2.45, 2.75) is 12.5 Å². The van der Waals surface area contributed by atoms with E-state index in [0.717, 1.165) is 5.56 Å². The monoisotopic (exact) mass is 261 g/mol. The van der Waals surface area contributed by atoms with Crippen LogP contribution in [0.2, 0.25) is 0 Å². The fourth-order valence-corrected chi connectivity index (χ4v) is 2.14. The molecule has 1 atom stereocenters. The minimum atomic E-state index is -0.640. The van der Waals surface area contributed by atoms with Crippen molar-refractivity contribution in [2.24, 2.45) is 0 Å². The van der Waals surface area contributed by atoms with Crippen LogP contribution in [-0.4, -0.2) is 33.9 Å². The molecule has 1 aromatic heterocycles. The van der Waals surface area contributed by atoms with Gasteiger partial charge in [0, 0.05) is 6.07 Å². The Balaban J connectivity index is 1.87. The van der Waals surface area contributed by atoms with Crippen molar-refractivity contribution in [3.8, 4) is 11.3 Å². The first-order valence-corrected chi connectivity index (χ1v) is 5.93. The second kappa shape index (κ2) is 4.47. The Kier molecular flexibility index (Phi) is 2.79. The van der Waals surface area contributed by atoms with Gasteiger partial charge >= 0.3 is 0 Å². The number of carbonyl (C=O) groups excluding carboxylic acids is 1. The zero-order valence-electron chi connectivity index (χ0n) is 10.0. The lowest BCUT2D eigenvalue weighted by Crippen LogP contribution is -2.25. The van der Waals surface area contributed by atoms with Crippen LogP contribution < -0.4 is 4.90 Å². The minimum Gasteiger partial charge on any atom is -0.391 e. The summed E-state index contributed by atoms with van der Waals surface area (Å²) >= 11 is 0.